The highest BCUT2D eigenvalue weighted by atomic mass is 16.7. The Bertz CT molecular complexity index is 529. The molecule has 1 spiro atoms. The molecule has 0 saturated carbocycles. The molecule has 6 nitrogen and oxygen atoms in total. The Balaban J connectivity index is 1.78. The third-order valence-corrected chi connectivity index (χ3v) is 4.08. The molecule has 1 aliphatic heterocycles. The van der Waals surface area contributed by atoms with Crippen LogP contribution >= 0.6 is 0 Å². The van der Waals surface area contributed by atoms with Crippen molar-refractivity contribution in [1.82, 2.24) is 9.78 Å². The average Bonchev–Trinajstić information content (AvgIpc) is 2.95. The van der Waals surface area contributed by atoms with Crippen molar-refractivity contribution in [3.63, 3.8) is 0 Å². The summed E-state index contributed by atoms with van der Waals surface area (Å²) in [6, 6.07) is 0. The van der Waals surface area contributed by atoms with E-state index in [1.54, 1.807) is 18.5 Å². The lowest BCUT2D eigenvalue weighted by Gasteiger charge is -2.30. The molecule has 1 aromatic heterocycles. The maximum Gasteiger partial charge on any atom is 0.310 e. The summed E-state index contributed by atoms with van der Waals surface area (Å²) in [6.45, 7) is 5.08. The maximum absolute atomic E-state index is 11.2. The first-order valence-corrected chi connectivity index (χ1v) is 6.97. The van der Waals surface area contributed by atoms with Crippen LogP contribution in [0.4, 0.5) is 0 Å². The molecule has 1 fully saturated rings. The standard InChI is InChI=1S/C14H20N2O4/c1-13(2,12(17)18)9-16-8-10-7-14(19-5-6-20-14)4-3-11(10)15-16/h8H,3-7,9H2,1-2H3,(H,17,18). The van der Waals surface area contributed by atoms with Gasteiger partial charge in [0.25, 0.3) is 0 Å². The molecule has 0 amide bonds. The molecule has 3 rings (SSSR count). The van der Waals surface area contributed by atoms with Crippen molar-refractivity contribution in [3.05, 3.63) is 17.5 Å². The fraction of sp³-hybridized carbons (Fsp3) is 0.714. The molecular weight excluding hydrogens is 260 g/mol. The summed E-state index contributed by atoms with van der Waals surface area (Å²) in [4.78, 5) is 11.2. The highest BCUT2D eigenvalue weighted by molar-refractivity contribution is 5.73. The predicted molar refractivity (Wildman–Crippen MR) is 70.3 cm³/mol. The van der Waals surface area contributed by atoms with Crippen LogP contribution in [0.3, 0.4) is 0 Å². The molecule has 6 heteroatoms. The zero-order chi connectivity index (χ0) is 14.4. The fourth-order valence-electron chi connectivity index (χ4n) is 2.85. The van der Waals surface area contributed by atoms with Crippen molar-refractivity contribution >= 4 is 5.97 Å². The second kappa shape index (κ2) is 4.56. The van der Waals surface area contributed by atoms with Crippen LogP contribution in [0.25, 0.3) is 0 Å². The van der Waals surface area contributed by atoms with Gasteiger partial charge in [0.1, 0.15) is 0 Å². The van der Waals surface area contributed by atoms with Crippen molar-refractivity contribution in [1.29, 1.82) is 0 Å². The van der Waals surface area contributed by atoms with Crippen LogP contribution in [-0.4, -0.2) is 39.9 Å². The number of aromatic nitrogens is 2. The topological polar surface area (TPSA) is 73.6 Å². The van der Waals surface area contributed by atoms with E-state index in [0.29, 0.717) is 26.2 Å². The highest BCUT2D eigenvalue weighted by Gasteiger charge is 2.41. The lowest BCUT2D eigenvalue weighted by Crippen LogP contribution is -2.36. The zero-order valence-electron chi connectivity index (χ0n) is 11.9. The quantitative estimate of drug-likeness (QED) is 0.901. The number of rotatable bonds is 3. The van der Waals surface area contributed by atoms with E-state index < -0.39 is 17.2 Å². The number of hydrogen-bond acceptors (Lipinski definition) is 4. The number of aliphatic carboxylic acids is 1. The van der Waals surface area contributed by atoms with E-state index >= 15 is 0 Å². The van der Waals surface area contributed by atoms with Crippen molar-refractivity contribution in [2.45, 2.75) is 45.4 Å². The first-order chi connectivity index (χ1) is 9.40. The normalized spacial score (nSPS) is 21.1. The van der Waals surface area contributed by atoms with E-state index in [9.17, 15) is 9.90 Å². The first kappa shape index (κ1) is 13.6. The van der Waals surface area contributed by atoms with Gasteiger partial charge >= 0.3 is 5.97 Å². The second-order valence-electron chi connectivity index (χ2n) is 6.27. The van der Waals surface area contributed by atoms with Crippen LogP contribution in [0.2, 0.25) is 0 Å². The lowest BCUT2D eigenvalue weighted by atomic mass is 9.92. The molecule has 0 atom stereocenters. The largest absolute Gasteiger partial charge is 0.481 e. The Kier molecular flexibility index (Phi) is 3.10. The summed E-state index contributed by atoms with van der Waals surface area (Å²) in [5.41, 5.74) is 1.32. The number of carboxylic acid groups (broad SMARTS) is 1. The molecule has 1 aromatic rings. The number of aryl methyl sites for hydroxylation is 1. The van der Waals surface area contributed by atoms with Crippen LogP contribution in [-0.2, 0) is 33.7 Å². The minimum atomic E-state index is -0.827. The Labute approximate surface area is 117 Å². The fourth-order valence-corrected chi connectivity index (χ4v) is 2.85. The van der Waals surface area contributed by atoms with Gasteiger partial charge in [-0.3, -0.25) is 9.48 Å². The molecule has 0 unspecified atom stereocenters. The van der Waals surface area contributed by atoms with Crippen LogP contribution < -0.4 is 0 Å². The van der Waals surface area contributed by atoms with Gasteiger partial charge in [0.15, 0.2) is 5.79 Å². The minimum absolute atomic E-state index is 0.365. The smallest absolute Gasteiger partial charge is 0.310 e. The van der Waals surface area contributed by atoms with E-state index in [1.165, 1.54) is 0 Å². The number of carboxylic acids is 1. The van der Waals surface area contributed by atoms with E-state index in [1.807, 2.05) is 6.20 Å². The molecule has 0 aromatic carbocycles. The van der Waals surface area contributed by atoms with Gasteiger partial charge in [-0.05, 0) is 25.8 Å². The Morgan fingerprint density at radius 1 is 1.50 bits per heavy atom. The second-order valence-corrected chi connectivity index (χ2v) is 6.27. The Morgan fingerprint density at radius 2 is 2.20 bits per heavy atom. The molecule has 2 heterocycles. The lowest BCUT2D eigenvalue weighted by molar-refractivity contribution is -0.163. The van der Waals surface area contributed by atoms with Gasteiger partial charge in [-0.25, -0.2) is 0 Å². The molecule has 1 N–H and O–H groups in total. The summed E-state index contributed by atoms with van der Waals surface area (Å²) in [6.07, 6.45) is 4.27. The number of fused-ring (bicyclic) bond motifs is 1. The monoisotopic (exact) mass is 280 g/mol. The Hall–Kier alpha value is -1.40. The van der Waals surface area contributed by atoms with Crippen LogP contribution in [0, 0.1) is 5.41 Å². The van der Waals surface area contributed by atoms with Crippen LogP contribution in [0.5, 0.6) is 0 Å². The summed E-state index contributed by atoms with van der Waals surface area (Å²) < 4.78 is 13.2. The summed E-state index contributed by atoms with van der Waals surface area (Å²) in [5.74, 6) is -1.28. The highest BCUT2D eigenvalue weighted by Crippen LogP contribution is 2.35. The molecule has 0 radical (unpaired) electrons. The molecule has 1 saturated heterocycles. The van der Waals surface area contributed by atoms with Gasteiger partial charge in [0.05, 0.1) is 30.9 Å². The number of carbonyl (C=O) groups is 1. The van der Waals surface area contributed by atoms with E-state index in [4.69, 9.17) is 9.47 Å². The number of hydrogen-bond donors (Lipinski definition) is 1. The van der Waals surface area contributed by atoms with Crippen molar-refractivity contribution < 1.29 is 19.4 Å². The van der Waals surface area contributed by atoms with Gasteiger partial charge < -0.3 is 14.6 Å². The summed E-state index contributed by atoms with van der Waals surface area (Å²) in [7, 11) is 0. The molecule has 2 aliphatic rings. The van der Waals surface area contributed by atoms with Gasteiger partial charge in [-0.2, -0.15) is 5.10 Å². The zero-order valence-corrected chi connectivity index (χ0v) is 11.9. The van der Waals surface area contributed by atoms with E-state index in [2.05, 4.69) is 5.10 Å². The molecule has 0 bridgehead atoms. The van der Waals surface area contributed by atoms with Crippen molar-refractivity contribution in [2.75, 3.05) is 13.2 Å². The third-order valence-electron chi connectivity index (χ3n) is 4.08. The van der Waals surface area contributed by atoms with E-state index in [0.717, 1.165) is 24.1 Å². The Morgan fingerprint density at radius 3 is 2.85 bits per heavy atom. The van der Waals surface area contributed by atoms with Crippen LogP contribution in [0.15, 0.2) is 6.20 Å². The van der Waals surface area contributed by atoms with Crippen molar-refractivity contribution in [3.8, 4) is 0 Å². The van der Waals surface area contributed by atoms with Gasteiger partial charge in [0, 0.05) is 19.0 Å². The van der Waals surface area contributed by atoms with E-state index in [-0.39, 0.29) is 0 Å². The van der Waals surface area contributed by atoms with Gasteiger partial charge in [-0.1, -0.05) is 0 Å². The summed E-state index contributed by atoms with van der Waals surface area (Å²) in [5, 5.41) is 13.7. The van der Waals surface area contributed by atoms with Crippen LogP contribution in [0.1, 0.15) is 31.5 Å². The minimum Gasteiger partial charge on any atom is -0.481 e. The third kappa shape index (κ3) is 2.33. The van der Waals surface area contributed by atoms with Gasteiger partial charge in [0.2, 0.25) is 0 Å². The average molecular weight is 280 g/mol. The molecule has 1 aliphatic carbocycles. The molecule has 20 heavy (non-hydrogen) atoms. The van der Waals surface area contributed by atoms with Crippen molar-refractivity contribution in [2.24, 2.45) is 5.41 Å². The number of ether oxygens (including phenoxy) is 2. The van der Waals surface area contributed by atoms with Gasteiger partial charge in [-0.15, -0.1) is 0 Å². The SMILES string of the molecule is CC(C)(Cn1cc2c(n1)CCC1(C2)OCCO1)C(=O)O. The summed E-state index contributed by atoms with van der Waals surface area (Å²) >= 11 is 0. The predicted octanol–water partition coefficient (Wildman–Crippen LogP) is 1.23. The first-order valence-electron chi connectivity index (χ1n) is 6.97. The molecule has 110 valence electrons. The molecular formula is C14H20N2O4. The number of nitrogens with zero attached hydrogens (tertiary/aromatic N) is 2. The maximum atomic E-state index is 11.2.